The Labute approximate surface area is 137 Å². The number of rotatable bonds is 2. The highest BCUT2D eigenvalue weighted by Gasteiger charge is 2.05. The van der Waals surface area contributed by atoms with Gasteiger partial charge in [0.15, 0.2) is 0 Å². The number of hydrogen-bond acceptors (Lipinski definition) is 2. The van der Waals surface area contributed by atoms with Gasteiger partial charge in [-0.1, -0.05) is 41.4 Å². The topological polar surface area (TPSA) is 34.9 Å². The van der Waals surface area contributed by atoms with E-state index in [1.54, 1.807) is 42.0 Å². The van der Waals surface area contributed by atoms with Gasteiger partial charge in [-0.15, -0.1) is 0 Å². The van der Waals surface area contributed by atoms with Crippen molar-refractivity contribution in [3.8, 4) is 0 Å². The molecule has 1 heterocycles. The molecule has 0 spiro atoms. The van der Waals surface area contributed by atoms with Crippen LogP contribution in [0.25, 0.3) is 23.2 Å². The molecule has 0 aliphatic heterocycles. The molecule has 0 radical (unpaired) electrons. The second-order valence-corrected chi connectivity index (χ2v) is 5.76. The highest BCUT2D eigenvalue weighted by Crippen LogP contribution is 2.20. The predicted octanol–water partition coefficient (Wildman–Crippen LogP) is 4.41. The number of para-hydroxylation sites is 2. The lowest BCUT2D eigenvalue weighted by molar-refractivity contribution is 0.887. The first-order valence-corrected chi connectivity index (χ1v) is 7.40. The first kappa shape index (κ1) is 14.8. The average Bonchev–Trinajstić information content (AvgIpc) is 2.48. The van der Waals surface area contributed by atoms with Crippen LogP contribution in [0, 0.1) is 0 Å². The first-order chi connectivity index (χ1) is 10.5. The van der Waals surface area contributed by atoms with Gasteiger partial charge in [0.1, 0.15) is 5.69 Å². The van der Waals surface area contributed by atoms with Crippen LogP contribution in [0.2, 0.25) is 10.0 Å². The highest BCUT2D eigenvalue weighted by molar-refractivity contribution is 6.34. The molecule has 3 nitrogen and oxygen atoms in total. The number of fused-ring (bicyclic) bond motifs is 1. The van der Waals surface area contributed by atoms with E-state index in [1.165, 1.54) is 0 Å². The van der Waals surface area contributed by atoms with Gasteiger partial charge >= 0.3 is 0 Å². The summed E-state index contributed by atoms with van der Waals surface area (Å²) in [5, 5.41) is 1.10. The van der Waals surface area contributed by atoms with Gasteiger partial charge in [-0.3, -0.25) is 4.79 Å². The van der Waals surface area contributed by atoms with Crippen LogP contribution in [-0.4, -0.2) is 9.55 Å². The Hall–Kier alpha value is -2.10. The van der Waals surface area contributed by atoms with Crippen molar-refractivity contribution < 1.29 is 0 Å². The van der Waals surface area contributed by atoms with Crippen molar-refractivity contribution in [2.75, 3.05) is 0 Å². The Balaban J connectivity index is 2.09. The predicted molar refractivity (Wildman–Crippen MR) is 92.4 cm³/mol. The van der Waals surface area contributed by atoms with E-state index in [9.17, 15) is 4.79 Å². The maximum absolute atomic E-state index is 12.3. The van der Waals surface area contributed by atoms with Crippen molar-refractivity contribution in [2.24, 2.45) is 7.05 Å². The number of aryl methyl sites for hydroxylation is 1. The molecule has 3 rings (SSSR count). The average molecular weight is 331 g/mol. The van der Waals surface area contributed by atoms with Crippen molar-refractivity contribution in [1.82, 2.24) is 9.55 Å². The van der Waals surface area contributed by atoms with Gasteiger partial charge in [0.2, 0.25) is 0 Å². The minimum Gasteiger partial charge on any atom is -0.308 e. The summed E-state index contributed by atoms with van der Waals surface area (Å²) < 4.78 is 1.59. The largest absolute Gasteiger partial charge is 0.308 e. The summed E-state index contributed by atoms with van der Waals surface area (Å²) in [7, 11) is 1.74. The summed E-state index contributed by atoms with van der Waals surface area (Å²) in [5.74, 6) is 0. The van der Waals surface area contributed by atoms with Crippen LogP contribution >= 0.6 is 23.2 Å². The molecular formula is C17H12Cl2N2O. The molecule has 5 heteroatoms. The fraction of sp³-hybridized carbons (Fsp3) is 0.0588. The van der Waals surface area contributed by atoms with Crippen LogP contribution in [0.4, 0.5) is 0 Å². The van der Waals surface area contributed by atoms with Crippen molar-refractivity contribution in [1.29, 1.82) is 0 Å². The normalized spacial score (nSPS) is 11.4. The molecule has 110 valence electrons. The Morgan fingerprint density at radius 1 is 1.05 bits per heavy atom. The quantitative estimate of drug-likeness (QED) is 0.697. The summed E-state index contributed by atoms with van der Waals surface area (Å²) in [4.78, 5) is 16.7. The van der Waals surface area contributed by atoms with E-state index < -0.39 is 0 Å². The van der Waals surface area contributed by atoms with Gasteiger partial charge in [0, 0.05) is 17.1 Å². The number of hydrogen-bond donors (Lipinski definition) is 0. The van der Waals surface area contributed by atoms with Crippen LogP contribution in [0.5, 0.6) is 0 Å². The number of aromatic nitrogens is 2. The van der Waals surface area contributed by atoms with Crippen LogP contribution in [0.15, 0.2) is 47.3 Å². The first-order valence-electron chi connectivity index (χ1n) is 6.64. The number of benzene rings is 2. The molecule has 0 saturated carbocycles. The lowest BCUT2D eigenvalue weighted by atomic mass is 10.2. The standard InChI is InChI=1S/C17H12Cl2N2O/c1-21-16-5-3-2-4-14(16)20-15(17(21)22)7-6-11-8-12(18)10-13(19)9-11/h2-10H,1H3/b7-6+. The third kappa shape index (κ3) is 2.91. The van der Waals surface area contributed by atoms with E-state index in [2.05, 4.69) is 4.98 Å². The molecule has 1 aromatic heterocycles. The number of nitrogens with zero attached hydrogens (tertiary/aromatic N) is 2. The van der Waals surface area contributed by atoms with Gasteiger partial charge in [0.25, 0.3) is 5.56 Å². The summed E-state index contributed by atoms with van der Waals surface area (Å²) in [6, 6.07) is 12.7. The Kier molecular flexibility index (Phi) is 4.01. The van der Waals surface area contributed by atoms with E-state index >= 15 is 0 Å². The molecule has 0 atom stereocenters. The van der Waals surface area contributed by atoms with Crippen molar-refractivity contribution in [3.63, 3.8) is 0 Å². The fourth-order valence-electron chi connectivity index (χ4n) is 2.26. The molecule has 0 unspecified atom stereocenters. The SMILES string of the molecule is Cn1c(=O)c(/C=C/c2cc(Cl)cc(Cl)c2)nc2ccccc21. The van der Waals surface area contributed by atoms with E-state index in [1.807, 2.05) is 24.3 Å². The molecule has 0 aliphatic rings. The van der Waals surface area contributed by atoms with E-state index in [4.69, 9.17) is 23.2 Å². The zero-order valence-electron chi connectivity index (χ0n) is 11.8. The molecular weight excluding hydrogens is 319 g/mol. The van der Waals surface area contributed by atoms with Crippen molar-refractivity contribution >= 4 is 46.4 Å². The fourth-order valence-corrected chi connectivity index (χ4v) is 2.80. The lowest BCUT2D eigenvalue weighted by Crippen LogP contribution is -2.21. The van der Waals surface area contributed by atoms with Gasteiger partial charge in [-0.05, 0) is 42.0 Å². The molecule has 22 heavy (non-hydrogen) atoms. The molecule has 2 aromatic carbocycles. The zero-order chi connectivity index (χ0) is 15.7. The minimum atomic E-state index is -0.150. The molecule has 0 bridgehead atoms. The lowest BCUT2D eigenvalue weighted by Gasteiger charge is -2.05. The monoisotopic (exact) mass is 330 g/mol. The molecule has 0 amide bonds. The molecule has 0 aliphatic carbocycles. The maximum atomic E-state index is 12.3. The zero-order valence-corrected chi connectivity index (χ0v) is 13.3. The summed E-state index contributed by atoms with van der Waals surface area (Å²) in [6.45, 7) is 0. The van der Waals surface area contributed by atoms with Gasteiger partial charge < -0.3 is 4.57 Å². The second-order valence-electron chi connectivity index (χ2n) is 4.89. The molecule has 0 saturated heterocycles. The Morgan fingerprint density at radius 3 is 2.45 bits per heavy atom. The smallest absolute Gasteiger partial charge is 0.276 e. The van der Waals surface area contributed by atoms with E-state index in [0.29, 0.717) is 15.7 Å². The second kappa shape index (κ2) is 5.95. The van der Waals surface area contributed by atoms with Gasteiger partial charge in [-0.25, -0.2) is 4.98 Å². The Bertz CT molecular complexity index is 925. The van der Waals surface area contributed by atoms with Crippen LogP contribution in [0.1, 0.15) is 11.3 Å². The van der Waals surface area contributed by atoms with Crippen LogP contribution in [0.3, 0.4) is 0 Å². The molecule has 3 aromatic rings. The van der Waals surface area contributed by atoms with Crippen molar-refractivity contribution in [2.45, 2.75) is 0 Å². The van der Waals surface area contributed by atoms with E-state index in [0.717, 1.165) is 16.6 Å². The third-order valence-electron chi connectivity index (χ3n) is 3.33. The summed E-state index contributed by atoms with van der Waals surface area (Å²) in [5.41, 5.74) is 2.61. The van der Waals surface area contributed by atoms with Gasteiger partial charge in [-0.2, -0.15) is 0 Å². The van der Waals surface area contributed by atoms with Crippen LogP contribution < -0.4 is 5.56 Å². The van der Waals surface area contributed by atoms with Crippen molar-refractivity contribution in [3.05, 3.63) is 74.1 Å². The third-order valence-corrected chi connectivity index (χ3v) is 3.76. The minimum absolute atomic E-state index is 0.150. The highest BCUT2D eigenvalue weighted by atomic mass is 35.5. The van der Waals surface area contributed by atoms with Crippen LogP contribution in [-0.2, 0) is 7.05 Å². The number of halogens is 2. The van der Waals surface area contributed by atoms with E-state index in [-0.39, 0.29) is 5.56 Å². The summed E-state index contributed by atoms with van der Waals surface area (Å²) >= 11 is 11.9. The molecule has 0 N–H and O–H groups in total. The van der Waals surface area contributed by atoms with Gasteiger partial charge in [0.05, 0.1) is 11.0 Å². The Morgan fingerprint density at radius 2 is 1.73 bits per heavy atom. The maximum Gasteiger partial charge on any atom is 0.276 e. The molecule has 0 fully saturated rings. The summed E-state index contributed by atoms with van der Waals surface area (Å²) in [6.07, 6.45) is 3.45.